The van der Waals surface area contributed by atoms with Crippen LogP contribution in [0.15, 0.2) is 30.3 Å². The standard InChI is InChI=1S/C34H60NO2/c1-2-3-4-5-6-7-8-9-10-11-12-13-14-15-16-22-30-36-32-34(26-23-29-35-27-20-21-28-35)37-31-33-24-18-17-19-25-33/h17-19,23-25,34H,2-16,20-22,26-32H2,1H3. The maximum Gasteiger partial charge on any atom is 0.0816 e. The van der Waals surface area contributed by atoms with E-state index in [-0.39, 0.29) is 6.10 Å². The van der Waals surface area contributed by atoms with E-state index < -0.39 is 0 Å². The molecule has 3 heteroatoms. The second-order valence-electron chi connectivity index (χ2n) is 11.3. The molecule has 0 N–H and O–H groups in total. The number of rotatable bonds is 26. The van der Waals surface area contributed by atoms with E-state index in [2.05, 4.69) is 48.6 Å². The van der Waals surface area contributed by atoms with Crippen molar-refractivity contribution in [2.75, 3.05) is 32.8 Å². The Hall–Kier alpha value is -0.900. The fraction of sp³-hybridized carbons (Fsp3) is 0.794. The second-order valence-corrected chi connectivity index (χ2v) is 11.3. The predicted octanol–water partition coefficient (Wildman–Crippen LogP) is 9.54. The van der Waals surface area contributed by atoms with Gasteiger partial charge in [0.15, 0.2) is 0 Å². The third-order valence-corrected chi connectivity index (χ3v) is 7.79. The van der Waals surface area contributed by atoms with Crippen LogP contribution >= 0.6 is 0 Å². The zero-order valence-electron chi connectivity index (χ0n) is 24.5. The number of benzene rings is 1. The first-order chi connectivity index (χ1) is 18.4. The number of unbranched alkanes of at least 4 members (excludes halogenated alkanes) is 15. The molecule has 0 amide bonds. The SMILES string of the molecule is CCCCCCCCCCCCCCCCCCOCC(C[CH]CN1CCCC1)OCc1ccccc1. The van der Waals surface area contributed by atoms with Gasteiger partial charge in [-0.25, -0.2) is 0 Å². The van der Waals surface area contributed by atoms with Gasteiger partial charge < -0.3 is 14.4 Å². The van der Waals surface area contributed by atoms with Crippen molar-refractivity contribution in [3.63, 3.8) is 0 Å². The van der Waals surface area contributed by atoms with Crippen molar-refractivity contribution in [3.8, 4) is 0 Å². The van der Waals surface area contributed by atoms with E-state index in [1.807, 2.05) is 0 Å². The van der Waals surface area contributed by atoms with E-state index in [1.165, 1.54) is 134 Å². The summed E-state index contributed by atoms with van der Waals surface area (Å²) in [6.07, 6.45) is 28.7. The summed E-state index contributed by atoms with van der Waals surface area (Å²) >= 11 is 0. The van der Waals surface area contributed by atoms with Crippen molar-refractivity contribution in [3.05, 3.63) is 42.3 Å². The highest BCUT2D eigenvalue weighted by molar-refractivity contribution is 5.13. The first-order valence-corrected chi connectivity index (χ1v) is 16.2. The summed E-state index contributed by atoms with van der Waals surface area (Å²) in [5.74, 6) is 0. The largest absolute Gasteiger partial charge is 0.379 e. The van der Waals surface area contributed by atoms with Gasteiger partial charge >= 0.3 is 0 Å². The molecule has 0 aromatic heterocycles. The van der Waals surface area contributed by atoms with Crippen molar-refractivity contribution < 1.29 is 9.47 Å². The third-order valence-electron chi connectivity index (χ3n) is 7.79. The van der Waals surface area contributed by atoms with Crippen LogP contribution in [0.25, 0.3) is 0 Å². The summed E-state index contributed by atoms with van der Waals surface area (Å²) in [5.41, 5.74) is 1.24. The Kier molecular flexibility index (Phi) is 21.1. The van der Waals surface area contributed by atoms with Gasteiger partial charge in [0.25, 0.3) is 0 Å². The molecular weight excluding hydrogens is 454 g/mol. The Morgan fingerprint density at radius 2 is 1.27 bits per heavy atom. The third kappa shape index (κ3) is 18.9. The van der Waals surface area contributed by atoms with E-state index in [4.69, 9.17) is 9.47 Å². The van der Waals surface area contributed by atoms with Gasteiger partial charge in [-0.15, -0.1) is 0 Å². The van der Waals surface area contributed by atoms with E-state index in [1.54, 1.807) is 0 Å². The van der Waals surface area contributed by atoms with Gasteiger partial charge in [-0.1, -0.05) is 134 Å². The van der Waals surface area contributed by atoms with E-state index in [0.717, 1.165) is 19.6 Å². The van der Waals surface area contributed by atoms with Crippen LogP contribution in [0.4, 0.5) is 0 Å². The van der Waals surface area contributed by atoms with Crippen LogP contribution in [0.1, 0.15) is 134 Å². The summed E-state index contributed by atoms with van der Waals surface area (Å²) < 4.78 is 12.3. The highest BCUT2D eigenvalue weighted by Crippen LogP contribution is 2.15. The van der Waals surface area contributed by atoms with Gasteiger partial charge in [-0.2, -0.15) is 0 Å². The molecule has 2 rings (SSSR count). The number of ether oxygens (including phenoxy) is 2. The minimum Gasteiger partial charge on any atom is -0.379 e. The van der Waals surface area contributed by atoms with Gasteiger partial charge in [-0.05, 0) is 50.8 Å². The molecular formula is C34H60NO2. The number of nitrogens with zero attached hydrogens (tertiary/aromatic N) is 1. The predicted molar refractivity (Wildman–Crippen MR) is 160 cm³/mol. The Labute approximate surface area is 231 Å². The molecule has 1 aromatic carbocycles. The summed E-state index contributed by atoms with van der Waals surface area (Å²) in [4.78, 5) is 2.55. The van der Waals surface area contributed by atoms with Crippen LogP contribution in [0, 0.1) is 6.42 Å². The molecule has 1 aliphatic heterocycles. The van der Waals surface area contributed by atoms with Crippen molar-refractivity contribution >= 4 is 0 Å². The molecule has 1 heterocycles. The maximum absolute atomic E-state index is 6.25. The van der Waals surface area contributed by atoms with E-state index in [9.17, 15) is 0 Å². The minimum absolute atomic E-state index is 0.156. The van der Waals surface area contributed by atoms with Gasteiger partial charge in [0.2, 0.25) is 0 Å². The molecule has 0 saturated carbocycles. The van der Waals surface area contributed by atoms with Crippen LogP contribution in [0.5, 0.6) is 0 Å². The average molecular weight is 515 g/mol. The molecule has 1 unspecified atom stereocenters. The Morgan fingerprint density at radius 1 is 0.730 bits per heavy atom. The highest BCUT2D eigenvalue weighted by atomic mass is 16.5. The van der Waals surface area contributed by atoms with Crippen LogP contribution in [-0.4, -0.2) is 43.9 Å². The number of hydrogen-bond donors (Lipinski definition) is 0. The molecule has 1 aromatic rings. The van der Waals surface area contributed by atoms with Crippen molar-refractivity contribution in [2.24, 2.45) is 0 Å². The van der Waals surface area contributed by atoms with Crippen molar-refractivity contribution in [1.29, 1.82) is 0 Å². The van der Waals surface area contributed by atoms with Gasteiger partial charge in [0, 0.05) is 13.2 Å². The van der Waals surface area contributed by atoms with Crippen molar-refractivity contribution in [2.45, 2.75) is 142 Å². The molecule has 213 valence electrons. The lowest BCUT2D eigenvalue weighted by Crippen LogP contribution is -2.25. The molecule has 1 saturated heterocycles. The van der Waals surface area contributed by atoms with Gasteiger partial charge in [0.1, 0.15) is 0 Å². The molecule has 1 aliphatic rings. The summed E-state index contributed by atoms with van der Waals surface area (Å²) in [6.45, 7) is 8.14. The zero-order chi connectivity index (χ0) is 26.1. The molecule has 0 bridgehead atoms. The lowest BCUT2D eigenvalue weighted by atomic mass is 10.0. The summed E-state index contributed by atoms with van der Waals surface area (Å²) in [5, 5.41) is 0. The molecule has 1 atom stereocenters. The van der Waals surface area contributed by atoms with E-state index in [0.29, 0.717) is 13.2 Å². The Balaban J connectivity index is 1.40. The van der Waals surface area contributed by atoms with Crippen LogP contribution in [0.2, 0.25) is 0 Å². The van der Waals surface area contributed by atoms with Gasteiger partial charge in [-0.3, -0.25) is 0 Å². The van der Waals surface area contributed by atoms with Gasteiger partial charge in [0.05, 0.1) is 19.3 Å². The first-order valence-electron chi connectivity index (χ1n) is 16.2. The highest BCUT2D eigenvalue weighted by Gasteiger charge is 2.14. The topological polar surface area (TPSA) is 21.7 Å². The molecule has 0 spiro atoms. The van der Waals surface area contributed by atoms with Crippen LogP contribution < -0.4 is 0 Å². The fourth-order valence-electron chi connectivity index (χ4n) is 5.35. The quantitative estimate of drug-likeness (QED) is 0.115. The molecule has 1 fully saturated rings. The molecule has 1 radical (unpaired) electrons. The molecule has 3 nitrogen and oxygen atoms in total. The summed E-state index contributed by atoms with van der Waals surface area (Å²) in [7, 11) is 0. The average Bonchev–Trinajstić information content (AvgIpc) is 3.45. The second kappa shape index (κ2) is 24.2. The Morgan fingerprint density at radius 3 is 1.84 bits per heavy atom. The number of likely N-dealkylation sites (tertiary alicyclic amines) is 1. The molecule has 37 heavy (non-hydrogen) atoms. The number of hydrogen-bond acceptors (Lipinski definition) is 3. The molecule has 0 aliphatic carbocycles. The van der Waals surface area contributed by atoms with Crippen LogP contribution in [-0.2, 0) is 16.1 Å². The maximum atomic E-state index is 6.25. The van der Waals surface area contributed by atoms with E-state index >= 15 is 0 Å². The minimum atomic E-state index is 0.156. The summed E-state index contributed by atoms with van der Waals surface area (Å²) in [6, 6.07) is 10.5. The zero-order valence-corrected chi connectivity index (χ0v) is 24.5. The lowest BCUT2D eigenvalue weighted by Gasteiger charge is -2.20. The monoisotopic (exact) mass is 514 g/mol. The van der Waals surface area contributed by atoms with Crippen molar-refractivity contribution in [1.82, 2.24) is 4.90 Å². The normalized spacial score (nSPS) is 14.9. The smallest absolute Gasteiger partial charge is 0.0816 e. The fourth-order valence-corrected chi connectivity index (χ4v) is 5.35. The van der Waals surface area contributed by atoms with Crippen LogP contribution in [0.3, 0.4) is 0 Å². The Bertz CT molecular complexity index is 587. The first kappa shape index (κ1) is 32.3. The lowest BCUT2D eigenvalue weighted by molar-refractivity contribution is -0.0259.